The molecule has 1 aliphatic heterocycles. The molecule has 0 aromatic heterocycles. The smallest absolute Gasteiger partial charge is 0.282 e. The first kappa shape index (κ1) is 14.3. The summed E-state index contributed by atoms with van der Waals surface area (Å²) in [7, 11) is -3.65. The molecule has 0 saturated carbocycles. The summed E-state index contributed by atoms with van der Waals surface area (Å²) in [5, 5.41) is 10.7. The van der Waals surface area contributed by atoms with Gasteiger partial charge in [0.05, 0.1) is 27.9 Å². The van der Waals surface area contributed by atoms with Crippen LogP contribution in [0.3, 0.4) is 0 Å². The zero-order valence-corrected chi connectivity index (χ0v) is 11.6. The van der Waals surface area contributed by atoms with Crippen LogP contribution in [0.1, 0.15) is 0 Å². The average molecular weight is 304 g/mol. The maximum atomic E-state index is 12.3. The summed E-state index contributed by atoms with van der Waals surface area (Å²) in [6.07, 6.45) is 0. The van der Waals surface area contributed by atoms with Crippen LogP contribution in [0.15, 0.2) is 28.0 Å². The van der Waals surface area contributed by atoms with Gasteiger partial charge in [0.1, 0.15) is 0 Å². The van der Waals surface area contributed by atoms with Gasteiger partial charge >= 0.3 is 0 Å². The fraction of sp³-hybridized carbons (Fsp3) is 0.400. The van der Waals surface area contributed by atoms with Gasteiger partial charge in [-0.05, 0) is 12.1 Å². The Bertz CT molecular complexity index is 596. The fourth-order valence-corrected chi connectivity index (χ4v) is 3.57. The van der Waals surface area contributed by atoms with E-state index in [-0.39, 0.29) is 28.6 Å². The van der Waals surface area contributed by atoms with Gasteiger partial charge in [-0.2, -0.15) is 4.31 Å². The number of thiol groups is 1. The highest BCUT2D eigenvalue weighted by Gasteiger charge is 2.27. The van der Waals surface area contributed by atoms with E-state index in [1.54, 1.807) is 0 Å². The Balaban J connectivity index is 2.35. The second kappa shape index (κ2) is 5.45. The van der Waals surface area contributed by atoms with Gasteiger partial charge in [0.15, 0.2) is 0 Å². The maximum Gasteiger partial charge on any atom is 0.282 e. The van der Waals surface area contributed by atoms with Crippen LogP contribution in [0, 0.1) is 10.1 Å². The van der Waals surface area contributed by atoms with Crippen LogP contribution in [-0.2, 0) is 14.8 Å². The van der Waals surface area contributed by atoms with Gasteiger partial charge in [-0.1, -0.05) is 0 Å². The van der Waals surface area contributed by atoms with E-state index in [1.165, 1.54) is 16.4 Å². The molecule has 1 aromatic rings. The zero-order chi connectivity index (χ0) is 14.0. The lowest BCUT2D eigenvalue weighted by molar-refractivity contribution is -0.387. The number of hydrogen-bond donors (Lipinski definition) is 1. The molecule has 1 saturated heterocycles. The van der Waals surface area contributed by atoms with E-state index in [0.29, 0.717) is 13.2 Å². The van der Waals surface area contributed by atoms with E-state index in [0.717, 1.165) is 6.07 Å². The van der Waals surface area contributed by atoms with Gasteiger partial charge < -0.3 is 4.74 Å². The monoisotopic (exact) mass is 304 g/mol. The molecule has 1 aromatic carbocycles. The van der Waals surface area contributed by atoms with Crippen molar-refractivity contribution in [3.63, 3.8) is 0 Å². The number of ether oxygens (including phenoxy) is 1. The van der Waals surface area contributed by atoms with Crippen molar-refractivity contribution in [2.24, 2.45) is 0 Å². The number of nitro groups is 1. The number of nitrogens with zero attached hydrogens (tertiary/aromatic N) is 2. The molecule has 9 heteroatoms. The van der Waals surface area contributed by atoms with Gasteiger partial charge in [-0.15, -0.1) is 12.6 Å². The van der Waals surface area contributed by atoms with Crippen molar-refractivity contribution in [3.8, 4) is 0 Å². The SMILES string of the molecule is O=[N+]([O-])c1ccc(S(=O)(=O)N2CCOCC2)cc1S. The molecule has 0 N–H and O–H groups in total. The Kier molecular flexibility index (Phi) is 4.09. The molecule has 0 aliphatic carbocycles. The number of hydrogen-bond acceptors (Lipinski definition) is 6. The minimum Gasteiger partial charge on any atom is -0.379 e. The lowest BCUT2D eigenvalue weighted by atomic mass is 10.3. The van der Waals surface area contributed by atoms with E-state index in [1.807, 2.05) is 0 Å². The molecule has 0 unspecified atom stereocenters. The summed E-state index contributed by atoms with van der Waals surface area (Å²) >= 11 is 3.95. The summed E-state index contributed by atoms with van der Waals surface area (Å²) in [5.41, 5.74) is -0.218. The van der Waals surface area contributed by atoms with E-state index >= 15 is 0 Å². The van der Waals surface area contributed by atoms with Crippen molar-refractivity contribution in [1.82, 2.24) is 4.31 Å². The molecule has 19 heavy (non-hydrogen) atoms. The molecule has 7 nitrogen and oxygen atoms in total. The Morgan fingerprint density at radius 2 is 1.95 bits per heavy atom. The van der Waals surface area contributed by atoms with Crippen molar-refractivity contribution in [3.05, 3.63) is 28.3 Å². The summed E-state index contributed by atoms with van der Waals surface area (Å²) in [5.74, 6) is 0. The first-order valence-corrected chi connectivity index (χ1v) is 7.37. The van der Waals surface area contributed by atoms with Crippen molar-refractivity contribution in [2.45, 2.75) is 9.79 Å². The van der Waals surface area contributed by atoms with Crippen LogP contribution in [0.2, 0.25) is 0 Å². The quantitative estimate of drug-likeness (QED) is 0.509. The van der Waals surface area contributed by atoms with Crippen molar-refractivity contribution >= 4 is 28.3 Å². The van der Waals surface area contributed by atoms with Crippen LogP contribution in [0.25, 0.3) is 0 Å². The van der Waals surface area contributed by atoms with Crippen LogP contribution < -0.4 is 0 Å². The third kappa shape index (κ3) is 2.89. The Morgan fingerprint density at radius 1 is 1.32 bits per heavy atom. The molecule has 1 aliphatic rings. The molecule has 0 spiro atoms. The number of nitro benzene ring substituents is 1. The van der Waals surface area contributed by atoms with Gasteiger partial charge in [0, 0.05) is 19.2 Å². The topological polar surface area (TPSA) is 89.8 Å². The summed E-state index contributed by atoms with van der Waals surface area (Å²) < 4.78 is 31.0. The van der Waals surface area contributed by atoms with E-state index in [4.69, 9.17) is 4.74 Å². The largest absolute Gasteiger partial charge is 0.379 e. The number of morpholine rings is 1. The van der Waals surface area contributed by atoms with Gasteiger partial charge in [-0.25, -0.2) is 8.42 Å². The first-order valence-electron chi connectivity index (χ1n) is 5.48. The van der Waals surface area contributed by atoms with Crippen LogP contribution >= 0.6 is 12.6 Å². The molecule has 0 radical (unpaired) electrons. The van der Waals surface area contributed by atoms with Crippen LogP contribution in [0.5, 0.6) is 0 Å². The van der Waals surface area contributed by atoms with E-state index in [2.05, 4.69) is 12.6 Å². The van der Waals surface area contributed by atoms with Crippen molar-refractivity contribution in [1.29, 1.82) is 0 Å². The standard InChI is InChI=1S/C10H12N2O5S2/c13-12(14)9-2-1-8(7-10(9)18)19(15,16)11-3-5-17-6-4-11/h1-2,7,18H,3-6H2. The summed E-state index contributed by atoms with van der Waals surface area (Å²) in [4.78, 5) is 10.1. The third-order valence-electron chi connectivity index (χ3n) is 2.75. The predicted molar refractivity (Wildman–Crippen MR) is 69.9 cm³/mol. The molecule has 1 fully saturated rings. The fourth-order valence-electron chi connectivity index (χ4n) is 1.75. The van der Waals surface area contributed by atoms with Crippen LogP contribution in [0.4, 0.5) is 5.69 Å². The normalized spacial score (nSPS) is 17.3. The van der Waals surface area contributed by atoms with E-state index < -0.39 is 14.9 Å². The minimum atomic E-state index is -3.65. The molecule has 0 bridgehead atoms. The molecule has 2 rings (SSSR count). The van der Waals surface area contributed by atoms with Gasteiger partial charge in [-0.3, -0.25) is 10.1 Å². The minimum absolute atomic E-state index is 0.00463. The van der Waals surface area contributed by atoms with Gasteiger partial charge in [0.25, 0.3) is 5.69 Å². The lowest BCUT2D eigenvalue weighted by Gasteiger charge is -2.26. The first-order chi connectivity index (χ1) is 8.93. The Morgan fingerprint density at radius 3 is 2.47 bits per heavy atom. The number of rotatable bonds is 3. The summed E-state index contributed by atoms with van der Waals surface area (Å²) in [6, 6.07) is 3.57. The maximum absolute atomic E-state index is 12.3. The molecular weight excluding hydrogens is 292 g/mol. The van der Waals surface area contributed by atoms with Crippen LogP contribution in [-0.4, -0.2) is 43.9 Å². The lowest BCUT2D eigenvalue weighted by Crippen LogP contribution is -2.40. The predicted octanol–water partition coefficient (Wildman–Crippen LogP) is 0.904. The number of benzene rings is 1. The molecule has 0 atom stereocenters. The van der Waals surface area contributed by atoms with Crippen molar-refractivity contribution in [2.75, 3.05) is 26.3 Å². The Hall–Kier alpha value is -1.16. The molecular formula is C10H12N2O5S2. The van der Waals surface area contributed by atoms with E-state index in [9.17, 15) is 18.5 Å². The third-order valence-corrected chi connectivity index (χ3v) is 5.00. The summed E-state index contributed by atoms with van der Waals surface area (Å²) in [6.45, 7) is 1.25. The molecule has 1 heterocycles. The highest BCUT2D eigenvalue weighted by molar-refractivity contribution is 7.89. The number of sulfonamides is 1. The van der Waals surface area contributed by atoms with Crippen molar-refractivity contribution < 1.29 is 18.1 Å². The highest BCUT2D eigenvalue weighted by Crippen LogP contribution is 2.27. The zero-order valence-electron chi connectivity index (χ0n) is 9.85. The molecule has 104 valence electrons. The Labute approximate surface area is 115 Å². The van der Waals surface area contributed by atoms with Gasteiger partial charge in [0.2, 0.25) is 10.0 Å². The average Bonchev–Trinajstić information content (AvgIpc) is 2.39. The second-order valence-electron chi connectivity index (χ2n) is 3.92. The highest BCUT2D eigenvalue weighted by atomic mass is 32.2. The second-order valence-corrected chi connectivity index (χ2v) is 6.34. The molecule has 0 amide bonds.